The minimum Gasteiger partial charge on any atom is -0.464 e. The summed E-state index contributed by atoms with van der Waals surface area (Å²) < 4.78 is 7.10. The molecule has 5 heteroatoms. The van der Waals surface area contributed by atoms with Crippen molar-refractivity contribution in [3.8, 4) is 0 Å². The second-order valence-corrected chi connectivity index (χ2v) is 6.21. The molecule has 0 saturated heterocycles. The van der Waals surface area contributed by atoms with E-state index >= 15 is 0 Å². The summed E-state index contributed by atoms with van der Waals surface area (Å²) >= 11 is 0. The summed E-state index contributed by atoms with van der Waals surface area (Å²) in [5.74, 6) is 0.591. The number of imidazole rings is 1. The van der Waals surface area contributed by atoms with Crippen LogP contribution in [0.4, 0.5) is 5.69 Å². The lowest BCUT2D eigenvalue weighted by Crippen LogP contribution is -2.23. The molecule has 1 aromatic carbocycles. The van der Waals surface area contributed by atoms with E-state index in [1.54, 1.807) is 0 Å². The number of anilines is 1. The van der Waals surface area contributed by atoms with Gasteiger partial charge >= 0.3 is 5.97 Å². The fourth-order valence-corrected chi connectivity index (χ4v) is 2.29. The molecule has 2 N–H and O–H groups in total. The maximum Gasteiger partial charge on any atom is 0.326 e. The van der Waals surface area contributed by atoms with E-state index in [9.17, 15) is 4.79 Å². The molecule has 0 aliphatic heterocycles. The highest BCUT2D eigenvalue weighted by Gasteiger charge is 2.25. The van der Waals surface area contributed by atoms with Gasteiger partial charge < -0.3 is 15.0 Å². The SMILES string of the molecule is CCCOC(=O)Cn1c(C(C)(C)C)nc2c(N)cccc21. The number of nitrogens with two attached hydrogens (primary N) is 1. The standard InChI is InChI=1S/C16H23N3O2/c1-5-9-21-13(20)10-19-12-8-6-7-11(17)14(12)18-15(19)16(2,3)4/h6-8H,5,9-10,17H2,1-4H3. The van der Waals surface area contributed by atoms with Crippen molar-refractivity contribution in [3.05, 3.63) is 24.0 Å². The molecule has 0 atom stereocenters. The number of benzene rings is 1. The molecule has 114 valence electrons. The number of ether oxygens (including phenoxy) is 1. The van der Waals surface area contributed by atoms with Crippen LogP contribution in [0.2, 0.25) is 0 Å². The van der Waals surface area contributed by atoms with Crippen LogP contribution < -0.4 is 5.73 Å². The van der Waals surface area contributed by atoms with Crippen LogP contribution in [0.3, 0.4) is 0 Å². The molecule has 0 bridgehead atoms. The third-order valence-corrected chi connectivity index (χ3v) is 3.24. The van der Waals surface area contributed by atoms with E-state index < -0.39 is 0 Å². The predicted molar refractivity (Wildman–Crippen MR) is 84.1 cm³/mol. The van der Waals surface area contributed by atoms with Crippen molar-refractivity contribution in [3.63, 3.8) is 0 Å². The van der Waals surface area contributed by atoms with Crippen LogP contribution in [-0.2, 0) is 21.5 Å². The van der Waals surface area contributed by atoms with Crippen LogP contribution in [0.5, 0.6) is 0 Å². The van der Waals surface area contributed by atoms with Crippen LogP contribution in [0.25, 0.3) is 11.0 Å². The van der Waals surface area contributed by atoms with Gasteiger partial charge in [0.05, 0.1) is 17.8 Å². The molecular formula is C16H23N3O2. The molecule has 0 spiro atoms. The number of nitrogens with zero attached hydrogens (tertiary/aromatic N) is 2. The Morgan fingerprint density at radius 2 is 2.10 bits per heavy atom. The van der Waals surface area contributed by atoms with E-state index in [-0.39, 0.29) is 17.9 Å². The summed E-state index contributed by atoms with van der Waals surface area (Å²) in [4.78, 5) is 16.6. The van der Waals surface area contributed by atoms with Gasteiger partial charge in [0.2, 0.25) is 0 Å². The average molecular weight is 289 g/mol. The second-order valence-electron chi connectivity index (χ2n) is 6.21. The maximum absolute atomic E-state index is 12.0. The molecule has 0 unspecified atom stereocenters. The van der Waals surface area contributed by atoms with Gasteiger partial charge in [0.25, 0.3) is 0 Å². The molecule has 5 nitrogen and oxygen atoms in total. The molecule has 0 fully saturated rings. The van der Waals surface area contributed by atoms with Crippen molar-refractivity contribution in [2.45, 2.75) is 46.1 Å². The Labute approximate surface area is 125 Å². The topological polar surface area (TPSA) is 70.1 Å². The van der Waals surface area contributed by atoms with Gasteiger partial charge in [-0.25, -0.2) is 4.98 Å². The Bertz CT molecular complexity index is 653. The van der Waals surface area contributed by atoms with Crippen molar-refractivity contribution in [2.75, 3.05) is 12.3 Å². The number of fused-ring (bicyclic) bond motifs is 1. The Hall–Kier alpha value is -2.04. The first-order chi connectivity index (χ1) is 9.84. The molecule has 0 aliphatic carbocycles. The Balaban J connectivity index is 2.49. The van der Waals surface area contributed by atoms with Gasteiger partial charge in [0, 0.05) is 5.41 Å². The van der Waals surface area contributed by atoms with E-state index in [1.165, 1.54) is 0 Å². The summed E-state index contributed by atoms with van der Waals surface area (Å²) in [5, 5.41) is 0. The third-order valence-electron chi connectivity index (χ3n) is 3.24. The molecule has 0 radical (unpaired) electrons. The molecule has 0 saturated carbocycles. The molecule has 1 aromatic heterocycles. The number of hydrogen-bond acceptors (Lipinski definition) is 4. The molecule has 2 rings (SSSR count). The number of esters is 1. The Morgan fingerprint density at radius 3 is 2.71 bits per heavy atom. The lowest BCUT2D eigenvalue weighted by atomic mass is 9.95. The van der Waals surface area contributed by atoms with Crippen molar-refractivity contribution >= 4 is 22.7 Å². The number of nitrogen functional groups attached to an aromatic ring is 1. The fraction of sp³-hybridized carbons (Fsp3) is 0.500. The summed E-state index contributed by atoms with van der Waals surface area (Å²) in [6, 6.07) is 5.63. The summed E-state index contributed by atoms with van der Waals surface area (Å²) in [6.07, 6.45) is 0.815. The molecule has 2 aromatic rings. The summed E-state index contributed by atoms with van der Waals surface area (Å²) in [5.41, 5.74) is 8.05. The van der Waals surface area contributed by atoms with E-state index in [2.05, 4.69) is 25.8 Å². The first-order valence-electron chi connectivity index (χ1n) is 7.25. The van der Waals surface area contributed by atoms with Crippen molar-refractivity contribution in [1.29, 1.82) is 0 Å². The van der Waals surface area contributed by atoms with E-state index in [1.807, 2.05) is 29.7 Å². The quantitative estimate of drug-likeness (QED) is 0.694. The first kappa shape index (κ1) is 15.4. The Kier molecular flexibility index (Phi) is 4.21. The lowest BCUT2D eigenvalue weighted by Gasteiger charge is -2.19. The van der Waals surface area contributed by atoms with Crippen molar-refractivity contribution in [1.82, 2.24) is 9.55 Å². The van der Waals surface area contributed by atoms with Gasteiger partial charge in [-0.2, -0.15) is 0 Å². The predicted octanol–water partition coefficient (Wildman–Crippen LogP) is 2.87. The number of para-hydroxylation sites is 1. The van der Waals surface area contributed by atoms with E-state index in [0.29, 0.717) is 12.3 Å². The first-order valence-corrected chi connectivity index (χ1v) is 7.25. The maximum atomic E-state index is 12.0. The molecule has 1 heterocycles. The van der Waals surface area contributed by atoms with Crippen LogP contribution in [-0.4, -0.2) is 22.1 Å². The molecular weight excluding hydrogens is 266 g/mol. The number of rotatable bonds is 4. The third kappa shape index (κ3) is 3.17. The number of hydrogen-bond donors (Lipinski definition) is 1. The second kappa shape index (κ2) is 5.76. The molecule has 0 aliphatic rings. The normalized spacial score (nSPS) is 11.8. The monoisotopic (exact) mass is 289 g/mol. The van der Waals surface area contributed by atoms with E-state index in [0.717, 1.165) is 23.3 Å². The smallest absolute Gasteiger partial charge is 0.326 e. The van der Waals surface area contributed by atoms with Crippen molar-refractivity contribution in [2.24, 2.45) is 0 Å². The highest BCUT2D eigenvalue weighted by Crippen LogP contribution is 2.29. The zero-order chi connectivity index (χ0) is 15.6. The van der Waals surface area contributed by atoms with Crippen LogP contribution in [0, 0.1) is 0 Å². The number of carbonyl (C=O) groups is 1. The zero-order valence-corrected chi connectivity index (χ0v) is 13.1. The Morgan fingerprint density at radius 1 is 1.38 bits per heavy atom. The largest absolute Gasteiger partial charge is 0.464 e. The van der Waals surface area contributed by atoms with Gasteiger partial charge in [0.1, 0.15) is 17.9 Å². The average Bonchev–Trinajstić information content (AvgIpc) is 2.77. The van der Waals surface area contributed by atoms with Gasteiger partial charge in [-0.05, 0) is 18.6 Å². The van der Waals surface area contributed by atoms with Crippen LogP contribution >= 0.6 is 0 Å². The summed E-state index contributed by atoms with van der Waals surface area (Å²) in [7, 11) is 0. The van der Waals surface area contributed by atoms with Crippen LogP contribution in [0.1, 0.15) is 39.9 Å². The van der Waals surface area contributed by atoms with Crippen molar-refractivity contribution < 1.29 is 9.53 Å². The number of carbonyl (C=O) groups excluding carboxylic acids is 1. The highest BCUT2D eigenvalue weighted by molar-refractivity contribution is 5.88. The molecule has 21 heavy (non-hydrogen) atoms. The zero-order valence-electron chi connectivity index (χ0n) is 13.1. The minimum atomic E-state index is -0.246. The minimum absolute atomic E-state index is 0.159. The van der Waals surface area contributed by atoms with Gasteiger partial charge in [-0.15, -0.1) is 0 Å². The molecule has 0 amide bonds. The lowest BCUT2D eigenvalue weighted by molar-refractivity contribution is -0.144. The fourth-order valence-electron chi connectivity index (χ4n) is 2.29. The summed E-state index contributed by atoms with van der Waals surface area (Å²) in [6.45, 7) is 8.78. The highest BCUT2D eigenvalue weighted by atomic mass is 16.5. The van der Waals surface area contributed by atoms with Gasteiger partial charge in [-0.3, -0.25) is 4.79 Å². The number of aromatic nitrogens is 2. The van der Waals surface area contributed by atoms with Gasteiger partial charge in [-0.1, -0.05) is 33.8 Å². The van der Waals surface area contributed by atoms with Gasteiger partial charge in [0.15, 0.2) is 0 Å². The van der Waals surface area contributed by atoms with E-state index in [4.69, 9.17) is 10.5 Å². The van der Waals surface area contributed by atoms with Crippen LogP contribution in [0.15, 0.2) is 18.2 Å².